The Hall–Kier alpha value is -4.47. The van der Waals surface area contributed by atoms with Crippen LogP contribution in [0.1, 0.15) is 35.3 Å². The first kappa shape index (κ1) is 26.6. The highest BCUT2D eigenvalue weighted by molar-refractivity contribution is 6.05. The Morgan fingerprint density at radius 1 is 0.947 bits per heavy atom. The molecule has 4 rings (SSSR count). The number of hydrogen-bond donors (Lipinski definition) is 2. The number of hydrogen-bond acceptors (Lipinski definition) is 6. The van der Waals surface area contributed by atoms with Gasteiger partial charge in [0.05, 0.1) is 5.56 Å². The maximum absolute atomic E-state index is 13.8. The summed E-state index contributed by atoms with van der Waals surface area (Å²) in [6, 6.07) is 12.5. The quantitative estimate of drug-likeness (QED) is 0.269. The lowest BCUT2D eigenvalue weighted by molar-refractivity contribution is -0.137. The van der Waals surface area contributed by atoms with Crippen LogP contribution in [0.25, 0.3) is 11.1 Å². The Morgan fingerprint density at radius 3 is 2.32 bits per heavy atom. The van der Waals surface area contributed by atoms with Crippen molar-refractivity contribution >= 4 is 28.9 Å². The van der Waals surface area contributed by atoms with Crippen molar-refractivity contribution < 1.29 is 18.0 Å². The van der Waals surface area contributed by atoms with Crippen molar-refractivity contribution in [3.8, 4) is 11.1 Å². The van der Waals surface area contributed by atoms with Gasteiger partial charge in [-0.15, -0.1) is 0 Å². The first-order chi connectivity index (χ1) is 18.2. The number of anilines is 4. The second-order valence-corrected chi connectivity index (χ2v) is 8.55. The topological polar surface area (TPSA) is 83.0 Å². The van der Waals surface area contributed by atoms with Gasteiger partial charge in [0.2, 0.25) is 5.95 Å². The summed E-state index contributed by atoms with van der Waals surface area (Å²) < 4.78 is 41.4. The molecule has 2 N–H and O–H groups in total. The Balaban J connectivity index is 1.53. The van der Waals surface area contributed by atoms with Crippen molar-refractivity contribution in [1.29, 1.82) is 0 Å². The Kier molecular flexibility index (Phi) is 7.90. The maximum Gasteiger partial charge on any atom is 0.418 e. The Labute approximate surface area is 218 Å². The first-order valence-corrected chi connectivity index (χ1v) is 12.1. The van der Waals surface area contributed by atoms with Crippen LogP contribution in [0, 0.1) is 6.92 Å². The number of rotatable bonds is 8. The van der Waals surface area contributed by atoms with Crippen molar-refractivity contribution in [2.75, 3.05) is 28.6 Å². The number of nitrogens with zero attached hydrogens (tertiary/aromatic N) is 4. The number of benzene rings is 2. The van der Waals surface area contributed by atoms with Gasteiger partial charge in [0.25, 0.3) is 5.91 Å². The number of halogens is 3. The minimum atomic E-state index is -4.60. The molecular weight excluding hydrogens is 493 g/mol. The molecular formula is C28H27F3N6O. The van der Waals surface area contributed by atoms with Gasteiger partial charge in [0.1, 0.15) is 0 Å². The zero-order valence-electron chi connectivity index (χ0n) is 21.2. The molecule has 0 radical (unpaired) electrons. The van der Waals surface area contributed by atoms with Gasteiger partial charge in [0.15, 0.2) is 0 Å². The van der Waals surface area contributed by atoms with Crippen LogP contribution in [0.3, 0.4) is 0 Å². The van der Waals surface area contributed by atoms with Crippen LogP contribution in [0.4, 0.5) is 36.2 Å². The van der Waals surface area contributed by atoms with Gasteiger partial charge < -0.3 is 15.5 Å². The van der Waals surface area contributed by atoms with Crippen molar-refractivity contribution in [3.05, 3.63) is 90.0 Å². The molecule has 0 aliphatic rings. The van der Waals surface area contributed by atoms with E-state index in [-0.39, 0.29) is 11.3 Å². The molecule has 2 heterocycles. The molecule has 0 fully saturated rings. The molecule has 38 heavy (non-hydrogen) atoms. The third-order valence-electron chi connectivity index (χ3n) is 6.06. The largest absolute Gasteiger partial charge is 0.418 e. The molecule has 196 valence electrons. The second kappa shape index (κ2) is 11.3. The summed E-state index contributed by atoms with van der Waals surface area (Å²) >= 11 is 0. The first-order valence-electron chi connectivity index (χ1n) is 12.1. The summed E-state index contributed by atoms with van der Waals surface area (Å²) in [5.41, 5.74) is 2.75. The molecule has 0 aliphatic heterocycles. The Bertz CT molecular complexity index is 1400. The van der Waals surface area contributed by atoms with E-state index in [0.717, 1.165) is 22.8 Å². The van der Waals surface area contributed by atoms with Gasteiger partial charge in [-0.1, -0.05) is 12.1 Å². The van der Waals surface area contributed by atoms with Crippen LogP contribution in [0.5, 0.6) is 0 Å². The van der Waals surface area contributed by atoms with Gasteiger partial charge in [-0.25, -0.2) is 9.97 Å². The molecule has 0 bridgehead atoms. The molecule has 4 aromatic rings. The fourth-order valence-corrected chi connectivity index (χ4v) is 3.98. The molecule has 0 spiro atoms. The fraction of sp³-hybridized carbons (Fsp3) is 0.214. The van der Waals surface area contributed by atoms with E-state index in [4.69, 9.17) is 0 Å². The van der Waals surface area contributed by atoms with Crippen LogP contribution >= 0.6 is 0 Å². The summed E-state index contributed by atoms with van der Waals surface area (Å²) in [7, 11) is 0. The van der Waals surface area contributed by atoms with E-state index in [1.165, 1.54) is 12.1 Å². The average Bonchev–Trinajstić information content (AvgIpc) is 2.91. The lowest BCUT2D eigenvalue weighted by atomic mass is 10.1. The van der Waals surface area contributed by atoms with E-state index in [1.54, 1.807) is 61.7 Å². The normalized spacial score (nSPS) is 11.2. The predicted molar refractivity (Wildman–Crippen MR) is 143 cm³/mol. The van der Waals surface area contributed by atoms with Crippen LogP contribution in [-0.2, 0) is 6.18 Å². The van der Waals surface area contributed by atoms with E-state index >= 15 is 0 Å². The standard InChI is InChI=1S/C28H27F3N6O/c1-4-37(5-2)25-11-9-19(13-23(25)28(29,30)31)26(38)35-22-10-8-18(3)24(14-22)36-27-33-16-21(17-34-27)20-7-6-12-32-15-20/h6-17H,4-5H2,1-3H3,(H,35,38)(H,33,34,36). The monoisotopic (exact) mass is 520 g/mol. The molecule has 0 saturated carbocycles. The van der Waals surface area contributed by atoms with E-state index in [2.05, 4.69) is 25.6 Å². The van der Waals surface area contributed by atoms with Gasteiger partial charge in [0, 0.05) is 71.6 Å². The molecule has 1 amide bonds. The van der Waals surface area contributed by atoms with Gasteiger partial charge in [-0.3, -0.25) is 9.78 Å². The van der Waals surface area contributed by atoms with E-state index < -0.39 is 17.6 Å². The lowest BCUT2D eigenvalue weighted by Gasteiger charge is -2.25. The van der Waals surface area contributed by atoms with E-state index in [0.29, 0.717) is 30.4 Å². The molecule has 0 saturated heterocycles. The molecule has 0 unspecified atom stereocenters. The number of pyridine rings is 1. The molecule has 10 heteroatoms. The van der Waals surface area contributed by atoms with Crippen LogP contribution in [0.15, 0.2) is 73.3 Å². The lowest BCUT2D eigenvalue weighted by Crippen LogP contribution is -2.26. The average molecular weight is 521 g/mol. The van der Waals surface area contributed by atoms with Crippen LogP contribution in [-0.4, -0.2) is 33.9 Å². The summed E-state index contributed by atoms with van der Waals surface area (Å²) in [5, 5.41) is 5.81. The predicted octanol–water partition coefficient (Wildman–Crippen LogP) is 6.71. The number of amides is 1. The third kappa shape index (κ3) is 6.08. The molecule has 0 atom stereocenters. The number of alkyl halides is 3. The number of carbonyl (C=O) groups is 1. The zero-order chi connectivity index (χ0) is 27.3. The third-order valence-corrected chi connectivity index (χ3v) is 6.06. The van der Waals surface area contributed by atoms with Crippen LogP contribution in [0.2, 0.25) is 0 Å². The van der Waals surface area contributed by atoms with E-state index in [9.17, 15) is 18.0 Å². The summed E-state index contributed by atoms with van der Waals surface area (Å²) in [4.78, 5) is 27.3. The number of carbonyl (C=O) groups excluding carboxylic acids is 1. The molecule has 2 aromatic carbocycles. The van der Waals surface area contributed by atoms with Crippen molar-refractivity contribution in [2.45, 2.75) is 26.9 Å². The minimum absolute atomic E-state index is 0.0513. The summed E-state index contributed by atoms with van der Waals surface area (Å²) in [6.07, 6.45) is 2.16. The SMILES string of the molecule is CCN(CC)c1ccc(C(=O)Nc2ccc(C)c(Nc3ncc(-c4cccnc4)cn3)c2)cc1C(F)(F)F. The highest BCUT2D eigenvalue weighted by Gasteiger charge is 2.35. The number of nitrogens with one attached hydrogen (secondary N) is 2. The zero-order valence-corrected chi connectivity index (χ0v) is 21.2. The number of aromatic nitrogens is 3. The van der Waals surface area contributed by atoms with Crippen LogP contribution < -0.4 is 15.5 Å². The molecule has 2 aromatic heterocycles. The van der Waals surface area contributed by atoms with Crippen molar-refractivity contribution in [1.82, 2.24) is 15.0 Å². The highest BCUT2D eigenvalue weighted by atomic mass is 19.4. The van der Waals surface area contributed by atoms with Crippen molar-refractivity contribution in [2.24, 2.45) is 0 Å². The number of aryl methyl sites for hydroxylation is 1. The van der Waals surface area contributed by atoms with Gasteiger partial charge in [-0.2, -0.15) is 13.2 Å². The molecule has 0 aliphatic carbocycles. The summed E-state index contributed by atoms with van der Waals surface area (Å²) in [6.45, 7) is 6.28. The van der Waals surface area contributed by atoms with E-state index in [1.807, 2.05) is 19.1 Å². The smallest absolute Gasteiger partial charge is 0.372 e. The summed E-state index contributed by atoms with van der Waals surface area (Å²) in [5.74, 6) is -0.292. The van der Waals surface area contributed by atoms with Gasteiger partial charge >= 0.3 is 6.18 Å². The minimum Gasteiger partial charge on any atom is -0.372 e. The Morgan fingerprint density at radius 2 is 1.68 bits per heavy atom. The molecule has 7 nitrogen and oxygen atoms in total. The highest BCUT2D eigenvalue weighted by Crippen LogP contribution is 2.37. The van der Waals surface area contributed by atoms with Gasteiger partial charge in [-0.05, 0) is 62.7 Å². The second-order valence-electron chi connectivity index (χ2n) is 8.55. The van der Waals surface area contributed by atoms with Crippen molar-refractivity contribution in [3.63, 3.8) is 0 Å². The maximum atomic E-state index is 13.8. The fourth-order valence-electron chi connectivity index (χ4n) is 3.98.